The molecule has 0 aliphatic carbocycles. The number of hydrogen-bond donors (Lipinski definition) is 1. The summed E-state index contributed by atoms with van der Waals surface area (Å²) in [6.45, 7) is 5.50. The Kier molecular flexibility index (Phi) is 2.48. The lowest BCUT2D eigenvalue weighted by Gasteiger charge is -2.10. The maximum atomic E-state index is 5.87. The number of likely N-dealkylation sites (N-methyl/N-ethyl adjacent to an activating group) is 1. The zero-order valence-corrected chi connectivity index (χ0v) is 10.0. The maximum absolute atomic E-state index is 5.87. The first kappa shape index (κ1) is 10.5. The molecular weight excluding hydrogens is 214 g/mol. The highest BCUT2D eigenvalue weighted by Crippen LogP contribution is 2.25. The van der Waals surface area contributed by atoms with E-state index in [1.54, 1.807) is 4.52 Å². The average Bonchev–Trinajstić information content (AvgIpc) is 2.95. The van der Waals surface area contributed by atoms with Crippen molar-refractivity contribution in [2.75, 3.05) is 25.4 Å². The zero-order chi connectivity index (χ0) is 11.8. The molecule has 0 amide bonds. The normalized spacial score (nSPS) is 21.4. The summed E-state index contributed by atoms with van der Waals surface area (Å²) in [4.78, 5) is 7.00. The van der Waals surface area contributed by atoms with Gasteiger partial charge in [-0.25, -0.2) is 4.98 Å². The van der Waals surface area contributed by atoms with Crippen LogP contribution in [0.15, 0.2) is 18.2 Å². The van der Waals surface area contributed by atoms with Gasteiger partial charge in [0.15, 0.2) is 11.5 Å². The van der Waals surface area contributed by atoms with E-state index in [2.05, 4.69) is 21.9 Å². The molecule has 17 heavy (non-hydrogen) atoms. The smallest absolute Gasteiger partial charge is 0.157 e. The molecule has 1 aliphatic rings. The highest BCUT2D eigenvalue weighted by Gasteiger charge is 2.26. The van der Waals surface area contributed by atoms with Gasteiger partial charge in [-0.3, -0.25) is 0 Å². The van der Waals surface area contributed by atoms with E-state index >= 15 is 0 Å². The number of rotatable bonds is 2. The molecule has 3 heterocycles. The Bertz CT molecular complexity index is 533. The summed E-state index contributed by atoms with van der Waals surface area (Å²) in [6.07, 6.45) is 1.14. The summed E-state index contributed by atoms with van der Waals surface area (Å²) in [5.41, 5.74) is 6.71. The third kappa shape index (κ3) is 1.76. The van der Waals surface area contributed by atoms with E-state index in [0.29, 0.717) is 11.7 Å². The van der Waals surface area contributed by atoms with Crippen LogP contribution in [0.2, 0.25) is 0 Å². The topological polar surface area (TPSA) is 59.5 Å². The van der Waals surface area contributed by atoms with Crippen LogP contribution in [0.4, 0.5) is 5.82 Å². The second-order valence-corrected chi connectivity index (χ2v) is 4.57. The van der Waals surface area contributed by atoms with Crippen molar-refractivity contribution in [2.24, 2.45) is 0 Å². The highest BCUT2D eigenvalue weighted by molar-refractivity contribution is 5.46. The summed E-state index contributed by atoms with van der Waals surface area (Å²) >= 11 is 0. The Morgan fingerprint density at radius 3 is 3.06 bits per heavy atom. The quantitative estimate of drug-likeness (QED) is 0.841. The molecule has 2 aromatic heterocycles. The van der Waals surface area contributed by atoms with Crippen LogP contribution in [0.5, 0.6) is 0 Å². The number of aromatic nitrogens is 3. The largest absolute Gasteiger partial charge is 0.384 e. The Morgan fingerprint density at radius 2 is 2.35 bits per heavy atom. The molecule has 5 nitrogen and oxygen atoms in total. The summed E-state index contributed by atoms with van der Waals surface area (Å²) in [5.74, 6) is 2.03. The molecular formula is C12H17N5. The highest BCUT2D eigenvalue weighted by atomic mass is 15.3. The zero-order valence-electron chi connectivity index (χ0n) is 10.0. The van der Waals surface area contributed by atoms with Gasteiger partial charge in [-0.2, -0.15) is 4.52 Å². The maximum Gasteiger partial charge on any atom is 0.157 e. The molecule has 1 atom stereocenters. The average molecular weight is 231 g/mol. The number of anilines is 1. The van der Waals surface area contributed by atoms with Gasteiger partial charge in [-0.05, 0) is 31.6 Å². The van der Waals surface area contributed by atoms with Gasteiger partial charge in [0.2, 0.25) is 0 Å². The fourth-order valence-electron chi connectivity index (χ4n) is 2.45. The third-order valence-electron chi connectivity index (χ3n) is 3.49. The minimum absolute atomic E-state index is 0.453. The van der Waals surface area contributed by atoms with Crippen LogP contribution >= 0.6 is 0 Å². The Hall–Kier alpha value is -1.62. The SMILES string of the molecule is CCN1CCC(c2nc3cccc(N)n3n2)C1. The van der Waals surface area contributed by atoms with Crippen molar-refractivity contribution in [1.29, 1.82) is 0 Å². The number of nitrogens with two attached hydrogens (primary N) is 1. The minimum Gasteiger partial charge on any atom is -0.384 e. The van der Waals surface area contributed by atoms with Gasteiger partial charge in [0.1, 0.15) is 5.82 Å². The molecule has 0 radical (unpaired) electrons. The van der Waals surface area contributed by atoms with E-state index in [4.69, 9.17) is 5.73 Å². The lowest BCUT2D eigenvalue weighted by Crippen LogP contribution is -2.19. The first-order valence-electron chi connectivity index (χ1n) is 6.11. The molecule has 2 aromatic rings. The number of nitrogens with zero attached hydrogens (tertiary/aromatic N) is 4. The van der Waals surface area contributed by atoms with Crippen molar-refractivity contribution in [1.82, 2.24) is 19.5 Å². The molecule has 1 saturated heterocycles. The van der Waals surface area contributed by atoms with Crippen LogP contribution in [-0.4, -0.2) is 39.1 Å². The number of nitrogen functional groups attached to an aromatic ring is 1. The van der Waals surface area contributed by atoms with E-state index in [-0.39, 0.29) is 0 Å². The van der Waals surface area contributed by atoms with Gasteiger partial charge in [0.05, 0.1) is 0 Å². The Balaban J connectivity index is 1.94. The number of hydrogen-bond acceptors (Lipinski definition) is 4. The lowest BCUT2D eigenvalue weighted by atomic mass is 10.1. The van der Waals surface area contributed by atoms with Crippen molar-refractivity contribution in [2.45, 2.75) is 19.3 Å². The Morgan fingerprint density at radius 1 is 1.47 bits per heavy atom. The molecule has 3 rings (SSSR count). The van der Waals surface area contributed by atoms with Crippen LogP contribution in [0, 0.1) is 0 Å². The van der Waals surface area contributed by atoms with Crippen molar-refractivity contribution in [3.8, 4) is 0 Å². The standard InChI is InChI=1S/C12H17N5/c1-2-16-7-6-9(8-16)12-14-11-5-3-4-10(13)17(11)15-12/h3-5,9H,2,6-8,13H2,1H3. The van der Waals surface area contributed by atoms with Crippen molar-refractivity contribution < 1.29 is 0 Å². The molecule has 2 N–H and O–H groups in total. The summed E-state index contributed by atoms with van der Waals surface area (Å²) in [6, 6.07) is 5.70. The van der Waals surface area contributed by atoms with Crippen LogP contribution in [0.1, 0.15) is 25.1 Å². The van der Waals surface area contributed by atoms with E-state index in [1.807, 2.05) is 18.2 Å². The van der Waals surface area contributed by atoms with Crippen molar-refractivity contribution >= 4 is 11.5 Å². The van der Waals surface area contributed by atoms with Gasteiger partial charge < -0.3 is 10.6 Å². The van der Waals surface area contributed by atoms with Gasteiger partial charge in [-0.1, -0.05) is 13.0 Å². The number of pyridine rings is 1. The molecule has 0 bridgehead atoms. The van der Waals surface area contributed by atoms with Crippen LogP contribution in [0.3, 0.4) is 0 Å². The monoisotopic (exact) mass is 231 g/mol. The second kappa shape index (κ2) is 4.00. The predicted molar refractivity (Wildman–Crippen MR) is 66.9 cm³/mol. The van der Waals surface area contributed by atoms with E-state index in [0.717, 1.165) is 37.5 Å². The van der Waals surface area contributed by atoms with Gasteiger partial charge in [0, 0.05) is 12.5 Å². The fraction of sp³-hybridized carbons (Fsp3) is 0.500. The molecule has 0 aromatic carbocycles. The van der Waals surface area contributed by atoms with Crippen molar-refractivity contribution in [3.05, 3.63) is 24.0 Å². The van der Waals surface area contributed by atoms with Gasteiger partial charge in [0.25, 0.3) is 0 Å². The molecule has 0 saturated carbocycles. The lowest BCUT2D eigenvalue weighted by molar-refractivity contribution is 0.352. The van der Waals surface area contributed by atoms with E-state index < -0.39 is 0 Å². The Labute approximate surface area is 100 Å². The predicted octanol–water partition coefficient (Wildman–Crippen LogP) is 1.12. The molecule has 1 fully saturated rings. The molecule has 0 spiro atoms. The van der Waals surface area contributed by atoms with Crippen molar-refractivity contribution in [3.63, 3.8) is 0 Å². The molecule has 5 heteroatoms. The second-order valence-electron chi connectivity index (χ2n) is 4.57. The molecule has 1 unspecified atom stereocenters. The summed E-state index contributed by atoms with van der Waals surface area (Å²) in [5, 5.41) is 4.52. The summed E-state index contributed by atoms with van der Waals surface area (Å²) in [7, 11) is 0. The van der Waals surface area contributed by atoms with Crippen LogP contribution < -0.4 is 5.73 Å². The van der Waals surface area contributed by atoms with E-state index in [9.17, 15) is 0 Å². The van der Waals surface area contributed by atoms with Crippen LogP contribution in [0.25, 0.3) is 5.65 Å². The van der Waals surface area contributed by atoms with Gasteiger partial charge in [-0.15, -0.1) is 5.10 Å². The number of likely N-dealkylation sites (tertiary alicyclic amines) is 1. The van der Waals surface area contributed by atoms with Gasteiger partial charge >= 0.3 is 0 Å². The number of fused-ring (bicyclic) bond motifs is 1. The first-order chi connectivity index (χ1) is 8.28. The third-order valence-corrected chi connectivity index (χ3v) is 3.49. The first-order valence-corrected chi connectivity index (χ1v) is 6.11. The van der Waals surface area contributed by atoms with Crippen LogP contribution in [-0.2, 0) is 0 Å². The van der Waals surface area contributed by atoms with E-state index in [1.165, 1.54) is 0 Å². The molecule has 1 aliphatic heterocycles. The fourth-order valence-corrected chi connectivity index (χ4v) is 2.45. The minimum atomic E-state index is 0.453. The summed E-state index contributed by atoms with van der Waals surface area (Å²) < 4.78 is 1.73. The molecule has 90 valence electrons.